The second-order valence-electron chi connectivity index (χ2n) is 7.09. The molecule has 0 aliphatic heterocycles. The molecular formula is C24H23FN2O5. The van der Waals surface area contributed by atoms with E-state index in [4.69, 9.17) is 18.9 Å². The first kappa shape index (κ1) is 21.3. The smallest absolute Gasteiger partial charge is 0.203 e. The van der Waals surface area contributed by atoms with Gasteiger partial charge in [-0.15, -0.1) is 0 Å². The molecule has 1 aromatic heterocycles. The van der Waals surface area contributed by atoms with Crippen molar-refractivity contribution in [2.24, 2.45) is 0 Å². The average Bonchev–Trinajstić information content (AvgIpc) is 3.11. The lowest BCUT2D eigenvalue weighted by Crippen LogP contribution is -2.01. The Morgan fingerprint density at radius 2 is 1.50 bits per heavy atom. The lowest BCUT2D eigenvalue weighted by Gasteiger charge is -2.16. The molecule has 1 heterocycles. The van der Waals surface area contributed by atoms with Gasteiger partial charge in [-0.2, -0.15) is 0 Å². The van der Waals surface area contributed by atoms with Crippen LogP contribution in [0.4, 0.5) is 4.39 Å². The van der Waals surface area contributed by atoms with E-state index >= 15 is 0 Å². The molecule has 0 fully saturated rings. The van der Waals surface area contributed by atoms with Gasteiger partial charge >= 0.3 is 0 Å². The molecule has 0 unspecified atom stereocenters. The predicted molar refractivity (Wildman–Crippen MR) is 119 cm³/mol. The number of phenolic OH excluding ortho intramolecular Hbond substituents is 1. The minimum atomic E-state index is -0.448. The Morgan fingerprint density at radius 1 is 0.844 bits per heavy atom. The Bertz CT molecular complexity index is 1290. The number of ether oxygens (including phenoxy) is 4. The van der Waals surface area contributed by atoms with Crippen LogP contribution < -0.4 is 18.9 Å². The van der Waals surface area contributed by atoms with Gasteiger partial charge in [-0.3, -0.25) is 4.57 Å². The quantitative estimate of drug-likeness (QED) is 0.463. The largest absolute Gasteiger partial charge is 0.504 e. The van der Waals surface area contributed by atoms with Crippen molar-refractivity contribution in [1.82, 2.24) is 9.55 Å². The van der Waals surface area contributed by atoms with E-state index in [0.717, 1.165) is 5.69 Å². The summed E-state index contributed by atoms with van der Waals surface area (Å²) >= 11 is 0. The van der Waals surface area contributed by atoms with Crippen molar-refractivity contribution < 1.29 is 28.4 Å². The fourth-order valence-electron chi connectivity index (χ4n) is 3.82. The number of nitrogens with zero attached hydrogens (tertiary/aromatic N) is 2. The molecule has 32 heavy (non-hydrogen) atoms. The van der Waals surface area contributed by atoms with E-state index in [1.807, 2.05) is 11.5 Å². The van der Waals surface area contributed by atoms with E-state index in [2.05, 4.69) is 4.98 Å². The number of halogens is 1. The fraction of sp³-hybridized carbons (Fsp3) is 0.208. The SMILES string of the molecule is COc1ccc(-c2cc3c(cc2F)nc(C)n3-c2cc(OC)c(OC)c(OC)c2)cc1O. The molecule has 4 rings (SSSR count). The van der Waals surface area contributed by atoms with E-state index in [0.29, 0.717) is 51.0 Å². The summed E-state index contributed by atoms with van der Waals surface area (Å²) in [5.74, 6) is 1.91. The lowest BCUT2D eigenvalue weighted by atomic mass is 10.0. The summed E-state index contributed by atoms with van der Waals surface area (Å²) < 4.78 is 38.3. The van der Waals surface area contributed by atoms with Crippen molar-refractivity contribution in [3.63, 3.8) is 0 Å². The van der Waals surface area contributed by atoms with Crippen LogP contribution in [0.25, 0.3) is 27.8 Å². The molecule has 0 aliphatic carbocycles. The fourth-order valence-corrected chi connectivity index (χ4v) is 3.82. The van der Waals surface area contributed by atoms with E-state index in [-0.39, 0.29) is 5.75 Å². The van der Waals surface area contributed by atoms with Crippen molar-refractivity contribution >= 4 is 11.0 Å². The first-order valence-corrected chi connectivity index (χ1v) is 9.78. The van der Waals surface area contributed by atoms with Crippen LogP contribution in [0.1, 0.15) is 5.82 Å². The number of methoxy groups -OCH3 is 4. The summed E-state index contributed by atoms with van der Waals surface area (Å²) in [6.45, 7) is 1.83. The highest BCUT2D eigenvalue weighted by Gasteiger charge is 2.19. The molecule has 1 N–H and O–H groups in total. The minimum absolute atomic E-state index is 0.0705. The van der Waals surface area contributed by atoms with Crippen LogP contribution in [0.3, 0.4) is 0 Å². The Hall–Kier alpha value is -3.94. The van der Waals surface area contributed by atoms with Gasteiger partial charge in [-0.25, -0.2) is 9.37 Å². The van der Waals surface area contributed by atoms with Crippen molar-refractivity contribution in [3.8, 4) is 45.6 Å². The van der Waals surface area contributed by atoms with Crippen molar-refractivity contribution in [3.05, 3.63) is 54.1 Å². The number of rotatable bonds is 6. The monoisotopic (exact) mass is 438 g/mol. The maximum absolute atomic E-state index is 15.0. The molecule has 0 radical (unpaired) electrons. The molecule has 0 aliphatic rings. The minimum Gasteiger partial charge on any atom is -0.504 e. The molecule has 3 aromatic carbocycles. The second kappa shape index (κ2) is 8.30. The van der Waals surface area contributed by atoms with Crippen LogP contribution in [0.2, 0.25) is 0 Å². The number of phenols is 1. The van der Waals surface area contributed by atoms with Crippen molar-refractivity contribution in [1.29, 1.82) is 0 Å². The highest BCUT2D eigenvalue weighted by molar-refractivity contribution is 5.85. The predicted octanol–water partition coefficient (Wildman–Crippen LogP) is 4.88. The molecular weight excluding hydrogens is 415 g/mol. The van der Waals surface area contributed by atoms with Gasteiger partial charge in [-0.05, 0) is 30.7 Å². The molecule has 166 valence electrons. The number of benzene rings is 3. The number of fused-ring (bicyclic) bond motifs is 1. The summed E-state index contributed by atoms with van der Waals surface area (Å²) in [5.41, 5.74) is 2.73. The molecule has 8 heteroatoms. The Balaban J connectivity index is 1.95. The zero-order chi connectivity index (χ0) is 23.0. The highest BCUT2D eigenvalue weighted by Crippen LogP contribution is 2.41. The maximum atomic E-state index is 15.0. The number of hydrogen-bond acceptors (Lipinski definition) is 6. The van der Waals surface area contributed by atoms with E-state index in [1.165, 1.54) is 26.4 Å². The van der Waals surface area contributed by atoms with E-state index < -0.39 is 5.82 Å². The van der Waals surface area contributed by atoms with Crippen molar-refractivity contribution in [2.75, 3.05) is 28.4 Å². The van der Waals surface area contributed by atoms with Gasteiger partial charge in [0.25, 0.3) is 0 Å². The Labute approximate surface area is 184 Å². The van der Waals surface area contributed by atoms with Gasteiger partial charge in [0, 0.05) is 23.8 Å². The van der Waals surface area contributed by atoms with Crippen LogP contribution in [0.5, 0.6) is 28.7 Å². The van der Waals surface area contributed by atoms with Crippen LogP contribution in [-0.4, -0.2) is 43.1 Å². The first-order chi connectivity index (χ1) is 15.4. The molecule has 0 amide bonds. The van der Waals surface area contributed by atoms with Gasteiger partial charge < -0.3 is 24.1 Å². The van der Waals surface area contributed by atoms with Crippen LogP contribution in [0, 0.1) is 12.7 Å². The zero-order valence-corrected chi connectivity index (χ0v) is 18.4. The third-order valence-electron chi connectivity index (χ3n) is 5.31. The molecule has 4 aromatic rings. The van der Waals surface area contributed by atoms with Gasteiger partial charge in [-0.1, -0.05) is 6.07 Å². The van der Waals surface area contributed by atoms with Crippen LogP contribution in [-0.2, 0) is 0 Å². The van der Waals surface area contributed by atoms with Gasteiger partial charge in [0.2, 0.25) is 5.75 Å². The maximum Gasteiger partial charge on any atom is 0.203 e. The third kappa shape index (κ3) is 3.43. The average molecular weight is 438 g/mol. The van der Waals surface area contributed by atoms with Gasteiger partial charge in [0.15, 0.2) is 23.0 Å². The summed E-state index contributed by atoms with van der Waals surface area (Å²) in [7, 11) is 6.09. The van der Waals surface area contributed by atoms with E-state index in [1.54, 1.807) is 44.6 Å². The van der Waals surface area contributed by atoms with E-state index in [9.17, 15) is 9.50 Å². The standard InChI is InChI=1S/C24H23FN2O5/c1-13-26-18-12-17(25)16(14-6-7-21(29-2)20(28)8-14)11-19(18)27(13)15-9-22(30-3)24(32-5)23(10-15)31-4/h6-12,28H,1-5H3. The summed E-state index contributed by atoms with van der Waals surface area (Å²) in [6, 6.07) is 11.4. The number of aromatic nitrogens is 2. The topological polar surface area (TPSA) is 75.0 Å². The normalized spacial score (nSPS) is 10.9. The number of aryl methyl sites for hydroxylation is 1. The second-order valence-corrected chi connectivity index (χ2v) is 7.09. The molecule has 0 saturated carbocycles. The van der Waals surface area contributed by atoms with Gasteiger partial charge in [0.05, 0.1) is 45.2 Å². The number of imidazole rings is 1. The molecule has 0 bridgehead atoms. The summed E-state index contributed by atoms with van der Waals surface area (Å²) in [4.78, 5) is 4.52. The zero-order valence-electron chi connectivity index (χ0n) is 18.4. The molecule has 0 atom stereocenters. The van der Waals surface area contributed by atoms with Gasteiger partial charge in [0.1, 0.15) is 11.6 Å². The third-order valence-corrected chi connectivity index (χ3v) is 5.31. The molecule has 0 spiro atoms. The van der Waals surface area contributed by atoms with Crippen LogP contribution >= 0.6 is 0 Å². The Kier molecular flexibility index (Phi) is 5.52. The summed E-state index contributed by atoms with van der Waals surface area (Å²) in [6.07, 6.45) is 0. The number of aromatic hydroxyl groups is 1. The molecule has 7 nitrogen and oxygen atoms in total. The van der Waals surface area contributed by atoms with Crippen molar-refractivity contribution in [2.45, 2.75) is 6.92 Å². The summed E-state index contributed by atoms with van der Waals surface area (Å²) in [5, 5.41) is 10.2. The lowest BCUT2D eigenvalue weighted by molar-refractivity contribution is 0.324. The Morgan fingerprint density at radius 3 is 2.06 bits per heavy atom. The number of hydrogen-bond donors (Lipinski definition) is 1. The van der Waals surface area contributed by atoms with Crippen LogP contribution in [0.15, 0.2) is 42.5 Å². The highest BCUT2D eigenvalue weighted by atomic mass is 19.1. The first-order valence-electron chi connectivity index (χ1n) is 9.78. The molecule has 0 saturated heterocycles.